The lowest BCUT2D eigenvalue weighted by molar-refractivity contribution is -0.114. The van der Waals surface area contributed by atoms with Crippen molar-refractivity contribution in [2.45, 2.75) is 20.4 Å². The molecule has 0 saturated heterocycles. The predicted octanol–water partition coefficient (Wildman–Crippen LogP) is 3.33. The second-order valence-corrected chi connectivity index (χ2v) is 5.63. The molecule has 0 fully saturated rings. The van der Waals surface area contributed by atoms with Crippen LogP contribution in [0.5, 0.6) is 0 Å². The number of carboxylic acid groups (broad SMARTS) is 1. The average molecular weight is 304 g/mol. The molecule has 3 N–H and O–H groups in total. The molecule has 6 heteroatoms. The van der Waals surface area contributed by atoms with Crippen LogP contribution in [0.25, 0.3) is 0 Å². The molecule has 110 valence electrons. The largest absolute Gasteiger partial charge is 0.478 e. The maximum absolute atomic E-state index is 11.1. The lowest BCUT2D eigenvalue weighted by Gasteiger charge is -2.11. The number of hydrogen-bond donors (Lipinski definition) is 3. The predicted molar refractivity (Wildman–Crippen MR) is 84.1 cm³/mol. The van der Waals surface area contributed by atoms with Crippen molar-refractivity contribution in [3.05, 3.63) is 45.6 Å². The van der Waals surface area contributed by atoms with Gasteiger partial charge in [0.2, 0.25) is 5.91 Å². The van der Waals surface area contributed by atoms with Crippen molar-refractivity contribution in [2.75, 3.05) is 10.6 Å². The topological polar surface area (TPSA) is 78.4 Å². The summed E-state index contributed by atoms with van der Waals surface area (Å²) < 4.78 is 0. The summed E-state index contributed by atoms with van der Waals surface area (Å²) in [5.41, 5.74) is 2.82. The zero-order chi connectivity index (χ0) is 15.4. The van der Waals surface area contributed by atoms with E-state index in [2.05, 4.69) is 10.6 Å². The molecule has 0 atom stereocenters. The smallest absolute Gasteiger partial charge is 0.335 e. The van der Waals surface area contributed by atoms with Crippen LogP contribution < -0.4 is 10.6 Å². The number of carbonyl (C=O) groups excluding carboxylic acids is 1. The quantitative estimate of drug-likeness (QED) is 0.791. The van der Waals surface area contributed by atoms with Gasteiger partial charge in [-0.05, 0) is 42.1 Å². The number of carbonyl (C=O) groups is 2. The maximum atomic E-state index is 11.1. The van der Waals surface area contributed by atoms with Crippen LogP contribution in [0.3, 0.4) is 0 Å². The van der Waals surface area contributed by atoms with Gasteiger partial charge in [-0.1, -0.05) is 0 Å². The summed E-state index contributed by atoms with van der Waals surface area (Å²) >= 11 is 1.55. The fourth-order valence-electron chi connectivity index (χ4n) is 1.95. The molecule has 2 rings (SSSR count). The van der Waals surface area contributed by atoms with E-state index in [4.69, 9.17) is 5.11 Å². The number of aromatic carboxylic acids is 1. The molecule has 0 saturated carbocycles. The van der Waals surface area contributed by atoms with E-state index in [0.29, 0.717) is 6.54 Å². The Hall–Kier alpha value is -2.34. The molecule has 1 aromatic carbocycles. The van der Waals surface area contributed by atoms with E-state index in [-0.39, 0.29) is 11.5 Å². The average Bonchev–Trinajstić information content (AvgIpc) is 2.83. The summed E-state index contributed by atoms with van der Waals surface area (Å²) in [6.45, 7) is 3.90. The molecule has 5 nitrogen and oxygen atoms in total. The van der Waals surface area contributed by atoms with Crippen molar-refractivity contribution >= 4 is 34.6 Å². The maximum Gasteiger partial charge on any atom is 0.335 e. The molecule has 0 radical (unpaired) electrons. The summed E-state index contributed by atoms with van der Waals surface area (Å²) in [6.07, 6.45) is 0. The first-order chi connectivity index (χ1) is 9.97. The Bertz CT molecular complexity index is 679. The minimum absolute atomic E-state index is 0.100. The first-order valence-electron chi connectivity index (χ1n) is 6.39. The van der Waals surface area contributed by atoms with Crippen LogP contribution in [0.1, 0.15) is 27.7 Å². The highest BCUT2D eigenvalue weighted by Gasteiger charge is 2.08. The number of benzene rings is 1. The second kappa shape index (κ2) is 6.41. The van der Waals surface area contributed by atoms with E-state index < -0.39 is 5.97 Å². The highest BCUT2D eigenvalue weighted by Crippen LogP contribution is 2.24. The lowest BCUT2D eigenvalue weighted by Crippen LogP contribution is -2.08. The van der Waals surface area contributed by atoms with Crippen molar-refractivity contribution in [2.24, 2.45) is 0 Å². The van der Waals surface area contributed by atoms with Crippen LogP contribution in [-0.4, -0.2) is 17.0 Å². The standard InChI is InChI=1S/C15H16N2O3S/c1-9-7-11(15(19)20)3-4-12(9)16-8-14-13(5-6-21-14)17-10(2)18/h3-7,16H,8H2,1-2H3,(H,17,18)(H,19,20). The van der Waals surface area contributed by atoms with E-state index in [9.17, 15) is 9.59 Å². The Balaban J connectivity index is 2.08. The second-order valence-electron chi connectivity index (χ2n) is 4.63. The van der Waals surface area contributed by atoms with Gasteiger partial charge in [-0.2, -0.15) is 0 Å². The first kappa shape index (κ1) is 15.1. The van der Waals surface area contributed by atoms with Crippen molar-refractivity contribution in [1.82, 2.24) is 0 Å². The third-order valence-corrected chi connectivity index (χ3v) is 3.89. The molecule has 2 aromatic rings. The van der Waals surface area contributed by atoms with Crippen molar-refractivity contribution in [3.8, 4) is 0 Å². The molecule has 0 bridgehead atoms. The summed E-state index contributed by atoms with van der Waals surface area (Å²) in [7, 11) is 0. The third-order valence-electron chi connectivity index (χ3n) is 2.97. The van der Waals surface area contributed by atoms with E-state index >= 15 is 0 Å². The number of thiophene rings is 1. The first-order valence-corrected chi connectivity index (χ1v) is 7.27. The molecule has 21 heavy (non-hydrogen) atoms. The van der Waals surface area contributed by atoms with Crippen LogP contribution >= 0.6 is 11.3 Å². The van der Waals surface area contributed by atoms with Gasteiger partial charge in [0, 0.05) is 17.5 Å². The highest BCUT2D eigenvalue weighted by atomic mass is 32.1. The number of anilines is 2. The van der Waals surface area contributed by atoms with Gasteiger partial charge in [0.1, 0.15) is 0 Å². The molecular weight excluding hydrogens is 288 g/mol. The van der Waals surface area contributed by atoms with Crippen LogP contribution in [-0.2, 0) is 11.3 Å². The van der Waals surface area contributed by atoms with Crippen LogP contribution in [0.2, 0.25) is 0 Å². The lowest BCUT2D eigenvalue weighted by atomic mass is 10.1. The Labute approximate surface area is 126 Å². The summed E-state index contributed by atoms with van der Waals surface area (Å²) in [5, 5.41) is 16.9. The van der Waals surface area contributed by atoms with Crippen LogP contribution in [0.15, 0.2) is 29.6 Å². The fraction of sp³-hybridized carbons (Fsp3) is 0.200. The normalized spacial score (nSPS) is 10.2. The number of hydrogen-bond acceptors (Lipinski definition) is 4. The summed E-state index contributed by atoms with van der Waals surface area (Å²) in [4.78, 5) is 23.0. The molecule has 1 heterocycles. The minimum atomic E-state index is -0.934. The van der Waals surface area contributed by atoms with Gasteiger partial charge in [-0.25, -0.2) is 4.79 Å². The molecule has 0 unspecified atom stereocenters. The number of nitrogens with one attached hydrogen (secondary N) is 2. The molecule has 0 aliphatic heterocycles. The van der Waals surface area contributed by atoms with E-state index in [1.165, 1.54) is 6.92 Å². The van der Waals surface area contributed by atoms with Gasteiger partial charge >= 0.3 is 5.97 Å². The Kier molecular flexibility index (Phi) is 4.59. The molecule has 0 spiro atoms. The number of rotatable bonds is 5. The van der Waals surface area contributed by atoms with E-state index in [0.717, 1.165) is 21.8 Å². The fourth-order valence-corrected chi connectivity index (χ4v) is 2.72. The van der Waals surface area contributed by atoms with Gasteiger partial charge in [-0.15, -0.1) is 11.3 Å². The van der Waals surface area contributed by atoms with Crippen LogP contribution in [0.4, 0.5) is 11.4 Å². The monoisotopic (exact) mass is 304 g/mol. The Morgan fingerprint density at radius 2 is 2.00 bits per heavy atom. The molecule has 1 amide bonds. The molecule has 1 aromatic heterocycles. The Morgan fingerprint density at radius 1 is 1.24 bits per heavy atom. The van der Waals surface area contributed by atoms with Crippen molar-refractivity contribution in [3.63, 3.8) is 0 Å². The molecule has 0 aliphatic carbocycles. The minimum Gasteiger partial charge on any atom is -0.478 e. The number of carboxylic acids is 1. The highest BCUT2D eigenvalue weighted by molar-refractivity contribution is 7.10. The third kappa shape index (κ3) is 3.82. The Morgan fingerprint density at radius 3 is 2.62 bits per heavy atom. The van der Waals surface area contributed by atoms with E-state index in [1.807, 2.05) is 18.4 Å². The zero-order valence-electron chi connectivity index (χ0n) is 11.8. The summed E-state index contributed by atoms with van der Waals surface area (Å²) in [5.74, 6) is -1.03. The zero-order valence-corrected chi connectivity index (χ0v) is 12.6. The van der Waals surface area contributed by atoms with Crippen LogP contribution in [0, 0.1) is 6.92 Å². The number of aryl methyl sites for hydroxylation is 1. The molecule has 0 aliphatic rings. The van der Waals surface area contributed by atoms with E-state index in [1.54, 1.807) is 29.5 Å². The summed E-state index contributed by atoms with van der Waals surface area (Å²) in [6, 6.07) is 6.82. The van der Waals surface area contributed by atoms with Crippen molar-refractivity contribution < 1.29 is 14.7 Å². The number of amides is 1. The van der Waals surface area contributed by atoms with Gasteiger partial charge in [0.25, 0.3) is 0 Å². The van der Waals surface area contributed by atoms with Gasteiger partial charge in [0.05, 0.1) is 17.8 Å². The SMILES string of the molecule is CC(=O)Nc1ccsc1CNc1ccc(C(=O)O)cc1C. The van der Waals surface area contributed by atoms with Crippen molar-refractivity contribution in [1.29, 1.82) is 0 Å². The van der Waals surface area contributed by atoms with Gasteiger partial charge in [-0.3, -0.25) is 4.79 Å². The van der Waals surface area contributed by atoms with Gasteiger partial charge < -0.3 is 15.7 Å². The molecular formula is C15H16N2O3S. The van der Waals surface area contributed by atoms with Gasteiger partial charge in [0.15, 0.2) is 0 Å².